The summed E-state index contributed by atoms with van der Waals surface area (Å²) in [7, 11) is 0.893. The lowest BCUT2D eigenvalue weighted by molar-refractivity contribution is -0.121. The van der Waals surface area contributed by atoms with E-state index in [1.165, 1.54) is 7.11 Å². The molecule has 0 fully saturated rings. The first-order valence-electron chi connectivity index (χ1n) is 3.55. The molecule has 0 aliphatic rings. The summed E-state index contributed by atoms with van der Waals surface area (Å²) >= 11 is 0. The van der Waals surface area contributed by atoms with Crippen LogP contribution in [0.4, 0.5) is 0 Å². The molecule has 4 heteroatoms. The molecule has 0 saturated heterocycles. The van der Waals surface area contributed by atoms with Crippen molar-refractivity contribution in [3.8, 4) is 0 Å². The average Bonchev–Trinajstić information content (AvgIpc) is 2.15. The summed E-state index contributed by atoms with van der Waals surface area (Å²) in [5, 5.41) is 0. The highest BCUT2D eigenvalue weighted by atomic mass is 16.6. The van der Waals surface area contributed by atoms with Crippen molar-refractivity contribution in [2.24, 2.45) is 0 Å². The van der Waals surface area contributed by atoms with Gasteiger partial charge in [0.15, 0.2) is 0 Å². The molecule has 0 spiro atoms. The molecule has 0 aliphatic heterocycles. The molecular weight excluding hydrogens is 155 g/mol. The molecule has 0 aromatic heterocycles. The monoisotopic (exact) mass is 164 g/mol. The zero-order chi connectivity index (χ0) is 8.81. The number of hydrogen-bond donors (Lipinski definition) is 0. The summed E-state index contributed by atoms with van der Waals surface area (Å²) in [5.41, 5.74) is 0.826. The Morgan fingerprint density at radius 3 is 2.50 bits per heavy atom. The van der Waals surface area contributed by atoms with Crippen LogP contribution in [0.2, 0.25) is 0 Å². The van der Waals surface area contributed by atoms with Crippen molar-refractivity contribution < 1.29 is 14.1 Å². The van der Waals surface area contributed by atoms with Crippen LogP contribution in [-0.2, 0) is 14.1 Å². The number of carbonyl (C=O) groups excluding carboxylic acids is 1. The summed E-state index contributed by atoms with van der Waals surface area (Å²) in [4.78, 5) is 10.0. The van der Waals surface area contributed by atoms with Gasteiger partial charge >= 0.3 is 7.12 Å². The van der Waals surface area contributed by atoms with Crippen LogP contribution >= 0.6 is 0 Å². The molecule has 62 valence electrons. The van der Waals surface area contributed by atoms with Gasteiger partial charge in [-0.2, -0.15) is 0 Å². The average molecular weight is 164 g/mol. The summed E-state index contributed by atoms with van der Waals surface area (Å²) in [6.45, 7) is 0.376. The first-order chi connectivity index (χ1) is 5.88. The largest absolute Gasteiger partial charge is 0.564 e. The van der Waals surface area contributed by atoms with E-state index in [1.54, 1.807) is 0 Å². The van der Waals surface area contributed by atoms with Gasteiger partial charge in [-0.25, -0.2) is 0 Å². The third-order valence-corrected chi connectivity index (χ3v) is 1.46. The minimum absolute atomic E-state index is 0.376. The number of rotatable bonds is 4. The van der Waals surface area contributed by atoms with E-state index in [-0.39, 0.29) is 0 Å². The molecule has 0 N–H and O–H groups in total. The predicted molar refractivity (Wildman–Crippen MR) is 46.0 cm³/mol. The standard InChI is InChI=1S/C8H9BO3/c1-11-9(12-7-10)8-5-3-2-4-6-8/h2-7H,1H3. The summed E-state index contributed by atoms with van der Waals surface area (Å²) < 4.78 is 9.60. The van der Waals surface area contributed by atoms with E-state index in [9.17, 15) is 4.79 Å². The Hall–Kier alpha value is -1.29. The second-order valence-corrected chi connectivity index (χ2v) is 2.21. The molecule has 0 amide bonds. The fraction of sp³-hybridized carbons (Fsp3) is 0.125. The highest BCUT2D eigenvalue weighted by Gasteiger charge is 2.19. The van der Waals surface area contributed by atoms with Crippen molar-refractivity contribution in [2.75, 3.05) is 7.11 Å². The molecular formula is C8H9BO3. The lowest BCUT2D eigenvalue weighted by Crippen LogP contribution is -2.35. The smallest absolute Gasteiger partial charge is 0.508 e. The summed E-state index contributed by atoms with van der Waals surface area (Å²) in [6, 6.07) is 9.26. The maximum Gasteiger partial charge on any atom is 0.564 e. The first kappa shape index (κ1) is 8.81. The topological polar surface area (TPSA) is 35.5 Å². The lowest BCUT2D eigenvalue weighted by Gasteiger charge is -2.06. The van der Waals surface area contributed by atoms with Crippen LogP contribution in [0.15, 0.2) is 30.3 Å². The van der Waals surface area contributed by atoms with Crippen LogP contribution in [0.25, 0.3) is 0 Å². The predicted octanol–water partition coefficient (Wildman–Crippen LogP) is 0.201. The van der Waals surface area contributed by atoms with E-state index in [0.29, 0.717) is 6.47 Å². The van der Waals surface area contributed by atoms with E-state index < -0.39 is 7.12 Å². The van der Waals surface area contributed by atoms with Gasteiger partial charge in [0, 0.05) is 7.11 Å². The third-order valence-electron chi connectivity index (χ3n) is 1.46. The molecule has 12 heavy (non-hydrogen) atoms. The molecule has 0 atom stereocenters. The minimum Gasteiger partial charge on any atom is -0.508 e. The number of carbonyl (C=O) groups is 1. The van der Waals surface area contributed by atoms with Crippen molar-refractivity contribution >= 4 is 19.1 Å². The van der Waals surface area contributed by atoms with Crippen LogP contribution < -0.4 is 5.46 Å². The van der Waals surface area contributed by atoms with E-state index >= 15 is 0 Å². The van der Waals surface area contributed by atoms with Crippen LogP contribution in [0.3, 0.4) is 0 Å². The van der Waals surface area contributed by atoms with Crippen molar-refractivity contribution in [1.29, 1.82) is 0 Å². The van der Waals surface area contributed by atoms with Gasteiger partial charge < -0.3 is 9.31 Å². The Kier molecular flexibility index (Phi) is 3.35. The molecule has 0 aliphatic carbocycles. The molecule has 0 heterocycles. The Labute approximate surface area is 71.4 Å². The number of benzene rings is 1. The molecule has 0 saturated carbocycles. The Morgan fingerprint density at radius 1 is 1.33 bits per heavy atom. The molecule has 0 radical (unpaired) electrons. The normalized spacial score (nSPS) is 9.08. The maximum absolute atomic E-state index is 10.0. The van der Waals surface area contributed by atoms with Gasteiger partial charge in [0.05, 0.1) is 0 Å². The van der Waals surface area contributed by atoms with Gasteiger partial charge in [-0.3, -0.25) is 4.79 Å². The third kappa shape index (κ3) is 2.10. The van der Waals surface area contributed by atoms with Gasteiger partial charge in [0.2, 0.25) is 0 Å². The highest BCUT2D eigenvalue weighted by Crippen LogP contribution is 1.89. The van der Waals surface area contributed by atoms with Gasteiger partial charge in [-0.05, 0) is 5.46 Å². The van der Waals surface area contributed by atoms with Gasteiger partial charge in [0.25, 0.3) is 6.47 Å². The second kappa shape index (κ2) is 4.56. The Bertz CT molecular complexity index is 237. The molecule has 0 bridgehead atoms. The first-order valence-corrected chi connectivity index (χ1v) is 3.55. The highest BCUT2D eigenvalue weighted by molar-refractivity contribution is 6.62. The van der Waals surface area contributed by atoms with Gasteiger partial charge in [-0.1, -0.05) is 30.3 Å². The minimum atomic E-state index is -0.594. The summed E-state index contributed by atoms with van der Waals surface area (Å²) in [6.07, 6.45) is 0. The molecule has 1 aromatic rings. The van der Waals surface area contributed by atoms with E-state index in [4.69, 9.17) is 4.65 Å². The van der Waals surface area contributed by atoms with Crippen molar-refractivity contribution in [3.63, 3.8) is 0 Å². The van der Waals surface area contributed by atoms with Gasteiger partial charge in [0.1, 0.15) is 0 Å². The molecule has 1 rings (SSSR count). The zero-order valence-corrected chi connectivity index (χ0v) is 6.77. The second-order valence-electron chi connectivity index (χ2n) is 2.21. The zero-order valence-electron chi connectivity index (χ0n) is 6.77. The van der Waals surface area contributed by atoms with Crippen molar-refractivity contribution in [3.05, 3.63) is 30.3 Å². The fourth-order valence-corrected chi connectivity index (χ4v) is 0.931. The van der Waals surface area contributed by atoms with E-state index in [1.807, 2.05) is 30.3 Å². The van der Waals surface area contributed by atoms with Gasteiger partial charge in [-0.15, -0.1) is 0 Å². The van der Waals surface area contributed by atoms with Crippen LogP contribution in [0.1, 0.15) is 0 Å². The molecule has 3 nitrogen and oxygen atoms in total. The Balaban J connectivity index is 2.72. The molecule has 0 unspecified atom stereocenters. The maximum atomic E-state index is 10.0. The van der Waals surface area contributed by atoms with E-state index in [0.717, 1.165) is 5.46 Å². The van der Waals surface area contributed by atoms with Crippen LogP contribution in [-0.4, -0.2) is 20.7 Å². The van der Waals surface area contributed by atoms with E-state index in [2.05, 4.69) is 4.65 Å². The van der Waals surface area contributed by atoms with Crippen LogP contribution in [0, 0.1) is 0 Å². The fourth-order valence-electron chi connectivity index (χ4n) is 0.931. The number of hydrogen-bond acceptors (Lipinski definition) is 3. The lowest BCUT2D eigenvalue weighted by atomic mass is 9.79. The van der Waals surface area contributed by atoms with Crippen molar-refractivity contribution in [1.82, 2.24) is 0 Å². The Morgan fingerprint density at radius 2 is 2.00 bits per heavy atom. The quantitative estimate of drug-likeness (QED) is 0.471. The SMILES string of the molecule is COB(OC=O)c1ccccc1. The summed E-state index contributed by atoms with van der Waals surface area (Å²) in [5.74, 6) is 0. The van der Waals surface area contributed by atoms with Crippen LogP contribution in [0.5, 0.6) is 0 Å². The van der Waals surface area contributed by atoms with Crippen molar-refractivity contribution in [2.45, 2.75) is 0 Å². The molecule has 1 aromatic carbocycles.